The Bertz CT molecular complexity index is 813. The summed E-state index contributed by atoms with van der Waals surface area (Å²) in [5, 5.41) is 28.2. The number of aromatic hydroxyl groups is 3. The van der Waals surface area contributed by atoms with Crippen LogP contribution in [0.15, 0.2) is 44.2 Å². The van der Waals surface area contributed by atoms with E-state index in [9.17, 15) is 20.1 Å². The van der Waals surface area contributed by atoms with Crippen LogP contribution >= 0.6 is 0 Å². The molecule has 3 N–H and O–H groups in total. The monoisotopic (exact) mass is 260 g/mol. The predicted octanol–water partition coefficient (Wildman–Crippen LogP) is 2.17. The molecular weight excluding hydrogens is 252 g/mol. The van der Waals surface area contributed by atoms with Crippen molar-refractivity contribution in [2.75, 3.05) is 0 Å². The summed E-state index contributed by atoms with van der Waals surface area (Å²) < 4.78 is 10.5. The minimum Gasteiger partial charge on any atom is -0.504 e. The van der Waals surface area contributed by atoms with Gasteiger partial charge in [0.1, 0.15) is 11.0 Å². The van der Waals surface area contributed by atoms with Gasteiger partial charge in [-0.2, -0.15) is 0 Å². The van der Waals surface area contributed by atoms with Gasteiger partial charge in [0.15, 0.2) is 28.4 Å². The van der Waals surface area contributed by atoms with Crippen LogP contribution in [0.5, 0.6) is 17.2 Å². The summed E-state index contributed by atoms with van der Waals surface area (Å²) in [6, 6.07) is 5.42. The SMILES string of the molecule is O=c1cc(-c2ccco2)oc2cc(O)c(O)c(O)c12. The van der Waals surface area contributed by atoms with Crippen molar-refractivity contribution in [3.05, 3.63) is 40.8 Å². The third kappa shape index (κ3) is 1.61. The smallest absolute Gasteiger partial charge is 0.201 e. The first-order chi connectivity index (χ1) is 9.08. The molecule has 0 saturated carbocycles. The fourth-order valence-electron chi connectivity index (χ4n) is 1.82. The van der Waals surface area contributed by atoms with E-state index in [0.717, 1.165) is 12.1 Å². The van der Waals surface area contributed by atoms with Crippen molar-refractivity contribution < 1.29 is 24.2 Å². The van der Waals surface area contributed by atoms with Gasteiger partial charge in [-0.05, 0) is 12.1 Å². The fourth-order valence-corrected chi connectivity index (χ4v) is 1.82. The molecule has 3 aromatic rings. The van der Waals surface area contributed by atoms with Gasteiger partial charge < -0.3 is 24.2 Å². The van der Waals surface area contributed by atoms with E-state index in [4.69, 9.17) is 8.83 Å². The summed E-state index contributed by atoms with van der Waals surface area (Å²) in [6.45, 7) is 0. The molecule has 6 heteroatoms. The minimum absolute atomic E-state index is 0.0494. The lowest BCUT2D eigenvalue weighted by molar-refractivity contribution is 0.370. The van der Waals surface area contributed by atoms with Gasteiger partial charge in [-0.1, -0.05) is 0 Å². The molecule has 0 aliphatic rings. The molecule has 0 radical (unpaired) electrons. The van der Waals surface area contributed by atoms with Gasteiger partial charge in [0.25, 0.3) is 0 Å². The molecule has 0 atom stereocenters. The molecule has 96 valence electrons. The lowest BCUT2D eigenvalue weighted by atomic mass is 10.1. The zero-order chi connectivity index (χ0) is 13.6. The Balaban J connectivity index is 2.39. The van der Waals surface area contributed by atoms with Gasteiger partial charge in [0.2, 0.25) is 5.75 Å². The summed E-state index contributed by atoms with van der Waals surface area (Å²) in [5.41, 5.74) is -0.604. The van der Waals surface area contributed by atoms with Gasteiger partial charge in [-0.25, -0.2) is 0 Å². The molecule has 0 aliphatic carbocycles. The number of fused-ring (bicyclic) bond motifs is 1. The minimum atomic E-state index is -0.759. The molecule has 0 amide bonds. The van der Waals surface area contributed by atoms with Crippen LogP contribution in [0, 0.1) is 0 Å². The third-order valence-electron chi connectivity index (χ3n) is 2.71. The van der Waals surface area contributed by atoms with Gasteiger partial charge in [0, 0.05) is 12.1 Å². The van der Waals surface area contributed by atoms with Crippen LogP contribution in [-0.2, 0) is 0 Å². The molecule has 3 rings (SSSR count). The van der Waals surface area contributed by atoms with Crippen molar-refractivity contribution in [2.24, 2.45) is 0 Å². The molecule has 0 bridgehead atoms. The topological polar surface area (TPSA) is 104 Å². The lowest BCUT2D eigenvalue weighted by Gasteiger charge is -2.05. The molecule has 1 aromatic carbocycles. The molecule has 2 aromatic heterocycles. The Labute approximate surface area is 105 Å². The zero-order valence-electron chi connectivity index (χ0n) is 9.45. The molecule has 6 nitrogen and oxygen atoms in total. The van der Waals surface area contributed by atoms with E-state index in [-0.39, 0.29) is 16.7 Å². The highest BCUT2D eigenvalue weighted by molar-refractivity contribution is 5.89. The summed E-state index contributed by atoms with van der Waals surface area (Å²) in [6.07, 6.45) is 1.42. The molecule has 0 saturated heterocycles. The van der Waals surface area contributed by atoms with Crippen LogP contribution in [0.1, 0.15) is 0 Å². The maximum Gasteiger partial charge on any atom is 0.201 e. The average Bonchev–Trinajstić information content (AvgIpc) is 2.89. The van der Waals surface area contributed by atoms with Crippen LogP contribution in [-0.4, -0.2) is 15.3 Å². The molecule has 0 spiro atoms. The molecule has 2 heterocycles. The first-order valence-corrected chi connectivity index (χ1v) is 5.33. The van der Waals surface area contributed by atoms with Gasteiger partial charge in [-0.3, -0.25) is 4.79 Å². The zero-order valence-corrected chi connectivity index (χ0v) is 9.45. The second-order valence-electron chi connectivity index (χ2n) is 3.92. The number of hydrogen-bond donors (Lipinski definition) is 3. The molecule has 0 fully saturated rings. The Morgan fingerprint density at radius 2 is 1.79 bits per heavy atom. The summed E-state index contributed by atoms with van der Waals surface area (Å²) >= 11 is 0. The Hall–Kier alpha value is -2.89. The highest BCUT2D eigenvalue weighted by Crippen LogP contribution is 2.40. The lowest BCUT2D eigenvalue weighted by Crippen LogP contribution is -2.00. The van der Waals surface area contributed by atoms with Crippen LogP contribution < -0.4 is 5.43 Å². The number of phenolic OH excluding ortho intramolecular Hbond substituents is 3. The van der Waals surface area contributed by atoms with Crippen LogP contribution in [0.2, 0.25) is 0 Å². The number of rotatable bonds is 1. The highest BCUT2D eigenvalue weighted by Gasteiger charge is 2.17. The van der Waals surface area contributed by atoms with Crippen molar-refractivity contribution in [3.63, 3.8) is 0 Å². The normalized spacial score (nSPS) is 10.9. The maximum absolute atomic E-state index is 11.9. The maximum atomic E-state index is 11.9. The van der Waals surface area contributed by atoms with Crippen molar-refractivity contribution >= 4 is 11.0 Å². The van der Waals surface area contributed by atoms with Crippen molar-refractivity contribution in [1.29, 1.82) is 0 Å². The van der Waals surface area contributed by atoms with Crippen LogP contribution in [0.25, 0.3) is 22.5 Å². The van der Waals surface area contributed by atoms with Crippen molar-refractivity contribution in [3.8, 4) is 28.8 Å². The van der Waals surface area contributed by atoms with Crippen molar-refractivity contribution in [1.82, 2.24) is 0 Å². The summed E-state index contributed by atoms with van der Waals surface area (Å²) in [7, 11) is 0. The van der Waals surface area contributed by atoms with Crippen molar-refractivity contribution in [2.45, 2.75) is 0 Å². The van der Waals surface area contributed by atoms with E-state index in [0.29, 0.717) is 5.76 Å². The molecule has 19 heavy (non-hydrogen) atoms. The summed E-state index contributed by atoms with van der Waals surface area (Å²) in [5.74, 6) is -1.55. The van der Waals surface area contributed by atoms with Gasteiger partial charge >= 0.3 is 0 Å². The summed E-state index contributed by atoms with van der Waals surface area (Å²) in [4.78, 5) is 11.9. The largest absolute Gasteiger partial charge is 0.504 e. The average molecular weight is 260 g/mol. The third-order valence-corrected chi connectivity index (χ3v) is 2.71. The number of furan rings is 1. The Morgan fingerprint density at radius 3 is 2.47 bits per heavy atom. The Kier molecular flexibility index (Phi) is 2.25. The van der Waals surface area contributed by atoms with Gasteiger partial charge in [0.05, 0.1) is 6.26 Å². The fraction of sp³-hybridized carbons (Fsp3) is 0. The van der Waals surface area contributed by atoms with E-state index >= 15 is 0 Å². The predicted molar refractivity (Wildman–Crippen MR) is 65.2 cm³/mol. The number of benzene rings is 1. The molecule has 0 unspecified atom stereocenters. The first-order valence-electron chi connectivity index (χ1n) is 5.33. The first kappa shape index (κ1) is 11.2. The second-order valence-corrected chi connectivity index (χ2v) is 3.92. The van der Waals surface area contributed by atoms with Gasteiger partial charge in [-0.15, -0.1) is 0 Å². The van der Waals surface area contributed by atoms with Crippen LogP contribution in [0.4, 0.5) is 0 Å². The molecular formula is C13H8O6. The number of phenols is 3. The van der Waals surface area contributed by atoms with E-state index in [1.165, 1.54) is 6.26 Å². The second kappa shape index (κ2) is 3.81. The number of hydrogen-bond acceptors (Lipinski definition) is 6. The molecule has 0 aliphatic heterocycles. The van der Waals surface area contributed by atoms with E-state index < -0.39 is 22.7 Å². The quantitative estimate of drug-likeness (QED) is 0.579. The van der Waals surface area contributed by atoms with Crippen LogP contribution in [0.3, 0.4) is 0 Å². The standard InChI is InChI=1S/C13H8O6/c14-6-4-9(8-2-1-3-18-8)19-10-5-7(15)12(16)13(17)11(6)10/h1-5,15-17H. The van der Waals surface area contributed by atoms with E-state index in [1.54, 1.807) is 12.1 Å². The van der Waals surface area contributed by atoms with E-state index in [2.05, 4.69) is 0 Å². The highest BCUT2D eigenvalue weighted by atomic mass is 16.4. The Morgan fingerprint density at radius 1 is 1.00 bits per heavy atom. The van der Waals surface area contributed by atoms with E-state index in [1.807, 2.05) is 0 Å².